The van der Waals surface area contributed by atoms with Gasteiger partial charge in [-0.25, -0.2) is 4.98 Å². The van der Waals surface area contributed by atoms with Crippen LogP contribution in [0.3, 0.4) is 0 Å². The van der Waals surface area contributed by atoms with E-state index in [0.717, 1.165) is 29.9 Å². The van der Waals surface area contributed by atoms with E-state index in [-0.39, 0.29) is 11.0 Å². The SMILES string of the molecule is CC(CCc1ccco1)Nc1ncc([N+](=O)[O-])s1. The van der Waals surface area contributed by atoms with Crippen molar-refractivity contribution in [2.75, 3.05) is 5.32 Å². The first-order valence-electron chi connectivity index (χ1n) is 5.54. The standard InChI is InChI=1S/C11H13N3O3S/c1-8(4-5-9-3-2-6-17-9)13-11-12-7-10(18-11)14(15)16/h2-3,6-8H,4-5H2,1H3,(H,12,13). The number of nitrogens with zero attached hydrogens (tertiary/aromatic N) is 2. The lowest BCUT2D eigenvalue weighted by molar-refractivity contribution is -0.380. The Morgan fingerprint density at radius 2 is 2.50 bits per heavy atom. The van der Waals surface area contributed by atoms with Crippen molar-refractivity contribution in [3.63, 3.8) is 0 Å². The lowest BCUT2D eigenvalue weighted by Crippen LogP contribution is -2.15. The average molecular weight is 267 g/mol. The maximum Gasteiger partial charge on any atom is 0.345 e. The minimum absolute atomic E-state index is 0.0516. The molecular formula is C11H13N3O3S. The fraction of sp³-hybridized carbons (Fsp3) is 0.364. The molecule has 0 bridgehead atoms. The lowest BCUT2D eigenvalue weighted by Gasteiger charge is -2.11. The second-order valence-corrected chi connectivity index (χ2v) is 4.93. The normalized spacial score (nSPS) is 12.3. The van der Waals surface area contributed by atoms with Gasteiger partial charge in [-0.15, -0.1) is 0 Å². The van der Waals surface area contributed by atoms with E-state index in [4.69, 9.17) is 4.42 Å². The maximum absolute atomic E-state index is 10.5. The highest BCUT2D eigenvalue weighted by Gasteiger charge is 2.13. The number of nitrogens with one attached hydrogen (secondary N) is 1. The first-order valence-corrected chi connectivity index (χ1v) is 6.36. The van der Waals surface area contributed by atoms with E-state index in [1.807, 2.05) is 19.1 Å². The van der Waals surface area contributed by atoms with Gasteiger partial charge in [-0.1, -0.05) is 0 Å². The predicted octanol–water partition coefficient (Wildman–Crippen LogP) is 3.08. The summed E-state index contributed by atoms with van der Waals surface area (Å²) < 4.78 is 5.24. The fourth-order valence-corrected chi connectivity index (χ4v) is 2.26. The minimum atomic E-state index is -0.434. The zero-order chi connectivity index (χ0) is 13.0. The molecule has 1 atom stereocenters. The highest BCUT2D eigenvalue weighted by molar-refractivity contribution is 7.18. The lowest BCUT2D eigenvalue weighted by atomic mass is 10.1. The number of aryl methyl sites for hydroxylation is 1. The third-order valence-electron chi connectivity index (χ3n) is 2.45. The number of furan rings is 1. The van der Waals surface area contributed by atoms with Crippen molar-refractivity contribution < 1.29 is 9.34 Å². The summed E-state index contributed by atoms with van der Waals surface area (Å²) in [6.45, 7) is 2.01. The highest BCUT2D eigenvalue weighted by atomic mass is 32.1. The van der Waals surface area contributed by atoms with Gasteiger partial charge in [0.15, 0.2) is 5.13 Å². The molecule has 7 heteroatoms. The summed E-state index contributed by atoms with van der Waals surface area (Å²) in [6, 6.07) is 3.97. The number of nitro groups is 1. The molecule has 0 aliphatic heterocycles. The summed E-state index contributed by atoms with van der Waals surface area (Å²) in [7, 11) is 0. The van der Waals surface area contributed by atoms with Crippen LogP contribution in [0.2, 0.25) is 0 Å². The molecule has 6 nitrogen and oxygen atoms in total. The Morgan fingerprint density at radius 1 is 1.67 bits per heavy atom. The van der Waals surface area contributed by atoms with E-state index in [1.54, 1.807) is 6.26 Å². The summed E-state index contributed by atoms with van der Waals surface area (Å²) in [4.78, 5) is 14.0. The van der Waals surface area contributed by atoms with E-state index in [2.05, 4.69) is 10.3 Å². The van der Waals surface area contributed by atoms with Crippen LogP contribution in [0.15, 0.2) is 29.0 Å². The van der Waals surface area contributed by atoms with Crippen LogP contribution in [-0.2, 0) is 6.42 Å². The molecule has 96 valence electrons. The third-order valence-corrected chi connectivity index (χ3v) is 3.33. The summed E-state index contributed by atoms with van der Waals surface area (Å²) >= 11 is 1.05. The summed E-state index contributed by atoms with van der Waals surface area (Å²) in [5, 5.41) is 14.3. The van der Waals surface area contributed by atoms with Crippen LogP contribution in [-0.4, -0.2) is 15.9 Å². The van der Waals surface area contributed by atoms with Gasteiger partial charge in [0.1, 0.15) is 12.0 Å². The zero-order valence-corrected chi connectivity index (χ0v) is 10.6. The van der Waals surface area contributed by atoms with Crippen LogP contribution < -0.4 is 5.32 Å². The molecular weight excluding hydrogens is 254 g/mol. The van der Waals surface area contributed by atoms with Crippen molar-refractivity contribution in [2.24, 2.45) is 0 Å². The Kier molecular flexibility index (Phi) is 3.93. The monoisotopic (exact) mass is 267 g/mol. The molecule has 1 unspecified atom stereocenters. The minimum Gasteiger partial charge on any atom is -0.469 e. The van der Waals surface area contributed by atoms with Gasteiger partial charge in [-0.2, -0.15) is 0 Å². The Labute approximate surface area is 108 Å². The number of hydrogen-bond acceptors (Lipinski definition) is 6. The van der Waals surface area contributed by atoms with Gasteiger partial charge in [-0.05, 0) is 36.8 Å². The maximum atomic E-state index is 10.5. The quantitative estimate of drug-likeness (QED) is 0.642. The molecule has 2 heterocycles. The first kappa shape index (κ1) is 12.6. The molecule has 18 heavy (non-hydrogen) atoms. The highest BCUT2D eigenvalue weighted by Crippen LogP contribution is 2.25. The largest absolute Gasteiger partial charge is 0.469 e. The molecule has 0 amide bonds. The molecule has 0 radical (unpaired) electrons. The van der Waals surface area contributed by atoms with Gasteiger partial charge in [0.25, 0.3) is 0 Å². The Hall–Kier alpha value is -1.89. The van der Waals surface area contributed by atoms with Gasteiger partial charge in [0.05, 0.1) is 11.2 Å². The molecule has 0 fully saturated rings. The van der Waals surface area contributed by atoms with Gasteiger partial charge >= 0.3 is 5.00 Å². The zero-order valence-electron chi connectivity index (χ0n) is 9.83. The molecule has 0 aliphatic rings. The Morgan fingerprint density at radius 3 is 3.11 bits per heavy atom. The van der Waals surface area contributed by atoms with Crippen LogP contribution in [0.5, 0.6) is 0 Å². The van der Waals surface area contributed by atoms with Crippen molar-refractivity contribution in [2.45, 2.75) is 25.8 Å². The van der Waals surface area contributed by atoms with Crippen molar-refractivity contribution in [1.82, 2.24) is 4.98 Å². The fourth-order valence-electron chi connectivity index (χ4n) is 1.51. The number of anilines is 1. The third kappa shape index (κ3) is 3.30. The van der Waals surface area contributed by atoms with Crippen molar-refractivity contribution in [3.05, 3.63) is 40.5 Å². The molecule has 0 saturated heterocycles. The molecule has 0 saturated carbocycles. The van der Waals surface area contributed by atoms with E-state index in [9.17, 15) is 10.1 Å². The molecule has 1 N–H and O–H groups in total. The summed E-state index contributed by atoms with van der Waals surface area (Å²) in [5.41, 5.74) is 0. The Balaban J connectivity index is 1.82. The first-order chi connectivity index (χ1) is 8.65. The molecule has 0 spiro atoms. The van der Waals surface area contributed by atoms with Crippen LogP contribution in [0.25, 0.3) is 0 Å². The van der Waals surface area contributed by atoms with Crippen LogP contribution in [0.4, 0.5) is 10.1 Å². The number of aromatic nitrogens is 1. The van der Waals surface area contributed by atoms with Gasteiger partial charge in [0.2, 0.25) is 0 Å². The molecule has 0 aliphatic carbocycles. The van der Waals surface area contributed by atoms with Crippen LogP contribution in [0.1, 0.15) is 19.1 Å². The van der Waals surface area contributed by atoms with Crippen LogP contribution >= 0.6 is 11.3 Å². The topological polar surface area (TPSA) is 81.2 Å². The van der Waals surface area contributed by atoms with E-state index < -0.39 is 4.92 Å². The molecule has 0 aromatic carbocycles. The van der Waals surface area contributed by atoms with Crippen LogP contribution in [0, 0.1) is 10.1 Å². The van der Waals surface area contributed by atoms with E-state index in [1.165, 1.54) is 6.20 Å². The van der Waals surface area contributed by atoms with Crippen molar-refractivity contribution in [1.29, 1.82) is 0 Å². The average Bonchev–Trinajstić information content (AvgIpc) is 2.96. The Bertz CT molecular complexity index is 509. The second-order valence-electron chi connectivity index (χ2n) is 3.92. The molecule has 2 aromatic heterocycles. The number of hydrogen-bond donors (Lipinski definition) is 1. The van der Waals surface area contributed by atoms with Crippen molar-refractivity contribution >= 4 is 21.5 Å². The predicted molar refractivity (Wildman–Crippen MR) is 68.9 cm³/mol. The van der Waals surface area contributed by atoms with Gasteiger partial charge < -0.3 is 9.73 Å². The van der Waals surface area contributed by atoms with E-state index >= 15 is 0 Å². The van der Waals surface area contributed by atoms with Crippen molar-refractivity contribution in [3.8, 4) is 0 Å². The summed E-state index contributed by atoms with van der Waals surface area (Å²) in [5.74, 6) is 0.939. The smallest absolute Gasteiger partial charge is 0.345 e. The second kappa shape index (κ2) is 5.63. The van der Waals surface area contributed by atoms with E-state index in [0.29, 0.717) is 5.13 Å². The number of rotatable bonds is 6. The van der Waals surface area contributed by atoms with Gasteiger partial charge in [-0.3, -0.25) is 10.1 Å². The summed E-state index contributed by atoms with van der Waals surface area (Å²) in [6.07, 6.45) is 4.62. The number of thiazole rings is 1. The molecule has 2 rings (SSSR count). The molecule has 2 aromatic rings. The van der Waals surface area contributed by atoms with Gasteiger partial charge in [0, 0.05) is 12.5 Å².